The number of methoxy groups -OCH3 is 1. The number of primary amides is 1. The van der Waals surface area contributed by atoms with E-state index in [0.717, 1.165) is 37.7 Å². The minimum atomic E-state index is -0.833. The Morgan fingerprint density at radius 3 is 2.32 bits per heavy atom. The van der Waals surface area contributed by atoms with Crippen LogP contribution in [0, 0.1) is 29.1 Å². The SMILES string of the molecule is COCCCOc1cc(C[C@@H](C[C@H](N)[C@@H](O)C[C@H](C(=O)NCC2(C(N)=O)CCCCC2)C(C)C)C(C)C)ccc1N. The molecule has 2 amide bonds. The van der Waals surface area contributed by atoms with Crippen LogP contribution >= 0.6 is 0 Å². The number of hydrogen-bond donors (Lipinski definition) is 5. The average molecular weight is 577 g/mol. The maximum absolute atomic E-state index is 13.2. The molecule has 9 nitrogen and oxygen atoms in total. The topological polar surface area (TPSA) is 163 Å². The normalized spacial score (nSPS) is 18.1. The highest BCUT2D eigenvalue weighted by Crippen LogP contribution is 2.36. The van der Waals surface area contributed by atoms with Gasteiger partial charge in [-0.3, -0.25) is 9.59 Å². The number of carbonyl (C=O) groups excluding carboxylic acids is 2. The van der Waals surface area contributed by atoms with Crippen LogP contribution in [0.25, 0.3) is 0 Å². The van der Waals surface area contributed by atoms with Crippen LogP contribution in [0.2, 0.25) is 0 Å². The number of aliphatic hydroxyl groups excluding tert-OH is 1. The number of nitrogens with two attached hydrogens (primary N) is 3. The Kier molecular flexibility index (Phi) is 14.4. The molecule has 0 spiro atoms. The zero-order chi connectivity index (χ0) is 30.6. The molecule has 1 aliphatic rings. The summed E-state index contributed by atoms with van der Waals surface area (Å²) >= 11 is 0. The molecule has 0 saturated heterocycles. The molecule has 2 rings (SSSR count). The summed E-state index contributed by atoms with van der Waals surface area (Å²) in [5.41, 5.74) is 19.5. The number of amides is 2. The highest BCUT2D eigenvalue weighted by Gasteiger charge is 2.39. The van der Waals surface area contributed by atoms with Gasteiger partial charge in [0.25, 0.3) is 0 Å². The summed E-state index contributed by atoms with van der Waals surface area (Å²) in [5, 5.41) is 14.1. The lowest BCUT2D eigenvalue weighted by Gasteiger charge is -2.35. The van der Waals surface area contributed by atoms with Gasteiger partial charge in [-0.15, -0.1) is 0 Å². The van der Waals surface area contributed by atoms with Gasteiger partial charge in [0.2, 0.25) is 11.8 Å². The van der Waals surface area contributed by atoms with E-state index in [9.17, 15) is 14.7 Å². The van der Waals surface area contributed by atoms with Crippen molar-refractivity contribution in [2.45, 2.75) is 97.6 Å². The molecular formula is C32H56N4O5. The largest absolute Gasteiger partial charge is 0.491 e. The Bertz CT molecular complexity index is 948. The van der Waals surface area contributed by atoms with Crippen LogP contribution < -0.4 is 27.3 Å². The maximum Gasteiger partial charge on any atom is 0.225 e. The lowest BCUT2D eigenvalue weighted by Crippen LogP contribution is -2.49. The summed E-state index contributed by atoms with van der Waals surface area (Å²) in [6.45, 7) is 9.67. The molecule has 41 heavy (non-hydrogen) atoms. The van der Waals surface area contributed by atoms with Gasteiger partial charge in [0.1, 0.15) is 5.75 Å². The Balaban J connectivity index is 2.00. The molecule has 1 aromatic carbocycles. The minimum Gasteiger partial charge on any atom is -0.491 e. The molecule has 1 aliphatic carbocycles. The number of rotatable bonds is 18. The predicted molar refractivity (Wildman–Crippen MR) is 164 cm³/mol. The van der Waals surface area contributed by atoms with Gasteiger partial charge in [-0.25, -0.2) is 0 Å². The Hall–Kier alpha value is -2.36. The molecule has 0 radical (unpaired) electrons. The zero-order valence-electron chi connectivity index (χ0n) is 26.0. The third-order valence-electron chi connectivity index (χ3n) is 8.91. The molecule has 9 heteroatoms. The van der Waals surface area contributed by atoms with Gasteiger partial charge in [-0.1, -0.05) is 53.0 Å². The van der Waals surface area contributed by atoms with Gasteiger partial charge in [-0.05, 0) is 67.6 Å². The lowest BCUT2D eigenvalue weighted by molar-refractivity contribution is -0.132. The quantitative estimate of drug-likeness (QED) is 0.131. The molecule has 0 unspecified atom stereocenters. The second-order valence-electron chi connectivity index (χ2n) is 12.8. The van der Waals surface area contributed by atoms with Crippen molar-refractivity contribution in [2.24, 2.45) is 40.6 Å². The molecule has 0 heterocycles. The van der Waals surface area contributed by atoms with Gasteiger partial charge >= 0.3 is 0 Å². The van der Waals surface area contributed by atoms with Crippen LogP contribution in [-0.4, -0.2) is 55.9 Å². The van der Waals surface area contributed by atoms with Crippen LogP contribution in [0.4, 0.5) is 5.69 Å². The molecule has 0 aliphatic heterocycles. The van der Waals surface area contributed by atoms with E-state index in [-0.39, 0.29) is 36.6 Å². The fourth-order valence-corrected chi connectivity index (χ4v) is 5.86. The molecule has 234 valence electrons. The Labute approximate surface area is 247 Å². The summed E-state index contributed by atoms with van der Waals surface area (Å²) in [6.07, 6.45) is 5.97. The van der Waals surface area contributed by atoms with E-state index >= 15 is 0 Å². The number of ether oxygens (including phenoxy) is 2. The summed E-state index contributed by atoms with van der Waals surface area (Å²) in [7, 11) is 1.67. The first kappa shape index (κ1) is 34.8. The summed E-state index contributed by atoms with van der Waals surface area (Å²) in [5.74, 6) is 0.313. The maximum atomic E-state index is 13.2. The summed E-state index contributed by atoms with van der Waals surface area (Å²) in [4.78, 5) is 25.5. The van der Waals surface area contributed by atoms with Crippen molar-refractivity contribution in [3.63, 3.8) is 0 Å². The summed E-state index contributed by atoms with van der Waals surface area (Å²) < 4.78 is 11.0. The fourth-order valence-electron chi connectivity index (χ4n) is 5.86. The van der Waals surface area contributed by atoms with E-state index in [4.69, 9.17) is 26.7 Å². The third kappa shape index (κ3) is 10.8. The van der Waals surface area contributed by atoms with Crippen molar-refractivity contribution in [2.75, 3.05) is 32.6 Å². The van der Waals surface area contributed by atoms with Gasteiger partial charge in [0.05, 0.1) is 23.8 Å². The molecule has 4 atom stereocenters. The molecule has 0 bridgehead atoms. The highest BCUT2D eigenvalue weighted by atomic mass is 16.5. The third-order valence-corrected chi connectivity index (χ3v) is 8.91. The van der Waals surface area contributed by atoms with Crippen molar-refractivity contribution < 1.29 is 24.2 Å². The van der Waals surface area contributed by atoms with Crippen molar-refractivity contribution in [3.8, 4) is 5.75 Å². The van der Waals surface area contributed by atoms with Crippen molar-refractivity contribution in [3.05, 3.63) is 23.8 Å². The van der Waals surface area contributed by atoms with Crippen molar-refractivity contribution in [1.82, 2.24) is 5.32 Å². The predicted octanol–water partition coefficient (Wildman–Crippen LogP) is 3.79. The first-order chi connectivity index (χ1) is 19.4. The van der Waals surface area contributed by atoms with Crippen molar-refractivity contribution >= 4 is 17.5 Å². The fraction of sp³-hybridized carbons (Fsp3) is 0.750. The van der Waals surface area contributed by atoms with E-state index in [1.807, 2.05) is 32.0 Å². The molecule has 1 aromatic rings. The van der Waals surface area contributed by atoms with Crippen LogP contribution in [0.5, 0.6) is 5.75 Å². The number of hydrogen-bond acceptors (Lipinski definition) is 7. The lowest BCUT2D eigenvalue weighted by atomic mass is 9.73. The first-order valence-electron chi connectivity index (χ1n) is 15.4. The molecule has 1 fully saturated rings. The molecular weight excluding hydrogens is 520 g/mol. The van der Waals surface area contributed by atoms with Gasteiger partial charge in [0.15, 0.2) is 0 Å². The monoisotopic (exact) mass is 576 g/mol. The van der Waals surface area contributed by atoms with Gasteiger partial charge in [0, 0.05) is 38.6 Å². The number of aliphatic hydroxyl groups is 1. The zero-order valence-corrected chi connectivity index (χ0v) is 26.0. The van der Waals surface area contributed by atoms with E-state index < -0.39 is 23.5 Å². The van der Waals surface area contributed by atoms with E-state index in [0.29, 0.717) is 49.8 Å². The minimum absolute atomic E-state index is 0.00529. The number of carbonyl (C=O) groups is 2. The van der Waals surface area contributed by atoms with E-state index in [1.54, 1.807) is 7.11 Å². The van der Waals surface area contributed by atoms with Crippen LogP contribution in [0.1, 0.15) is 84.6 Å². The highest BCUT2D eigenvalue weighted by molar-refractivity contribution is 5.83. The first-order valence-corrected chi connectivity index (χ1v) is 15.4. The molecule has 1 saturated carbocycles. The average Bonchev–Trinajstić information content (AvgIpc) is 2.93. The van der Waals surface area contributed by atoms with Gasteiger partial charge < -0.3 is 37.1 Å². The number of anilines is 1. The number of nitrogens with one attached hydrogen (secondary N) is 1. The number of nitrogen functional groups attached to an aromatic ring is 1. The smallest absolute Gasteiger partial charge is 0.225 e. The standard InChI is InChI=1S/C32H56N4O5/c1-21(2)24(16-23-10-11-26(33)29(17-23)41-15-9-14-40-5)18-27(34)28(37)19-25(22(3)4)30(38)36-20-32(31(35)39)12-7-6-8-13-32/h10-11,17,21-22,24-25,27-28,37H,6-9,12-16,18-20,33-34H2,1-5H3,(H2,35,39)(H,36,38)/t24-,25-,27-,28-/m0/s1. The van der Waals surface area contributed by atoms with Crippen LogP contribution in [-0.2, 0) is 20.7 Å². The van der Waals surface area contributed by atoms with E-state index in [1.165, 1.54) is 0 Å². The van der Waals surface area contributed by atoms with Crippen molar-refractivity contribution in [1.29, 1.82) is 0 Å². The van der Waals surface area contributed by atoms with E-state index in [2.05, 4.69) is 19.2 Å². The molecule has 8 N–H and O–H groups in total. The van der Waals surface area contributed by atoms with Crippen LogP contribution in [0.15, 0.2) is 18.2 Å². The van der Waals surface area contributed by atoms with Crippen LogP contribution in [0.3, 0.4) is 0 Å². The number of benzene rings is 1. The second kappa shape index (κ2) is 16.9. The summed E-state index contributed by atoms with van der Waals surface area (Å²) in [6, 6.07) is 5.39. The molecule has 0 aromatic heterocycles. The Morgan fingerprint density at radius 2 is 1.73 bits per heavy atom. The Morgan fingerprint density at radius 1 is 1.05 bits per heavy atom. The second-order valence-corrected chi connectivity index (χ2v) is 12.8. The van der Waals surface area contributed by atoms with Gasteiger partial charge in [-0.2, -0.15) is 0 Å².